The second-order valence-electron chi connectivity index (χ2n) is 10.0. The molecular formula is C26H37N5O4. The molecule has 190 valence electrons. The number of aromatic nitrogens is 2. The first-order valence-corrected chi connectivity index (χ1v) is 12.5. The third kappa shape index (κ3) is 7.37. The average Bonchev–Trinajstić information content (AvgIpc) is 3.17. The highest BCUT2D eigenvalue weighted by molar-refractivity contribution is 5.96. The number of rotatable bonds is 9. The van der Waals surface area contributed by atoms with Crippen LogP contribution in [0.5, 0.6) is 0 Å². The van der Waals surface area contributed by atoms with Gasteiger partial charge in [0.2, 0.25) is 17.7 Å². The lowest BCUT2D eigenvalue weighted by Crippen LogP contribution is -2.45. The minimum absolute atomic E-state index is 0.116. The predicted octanol–water partition coefficient (Wildman–Crippen LogP) is 4.24. The van der Waals surface area contributed by atoms with Crippen molar-refractivity contribution in [2.24, 2.45) is 0 Å². The SMILES string of the molecule is CCC(C)(C)NC(=O)c1ccc(NC(=O)CCc2nc(C3(NC(C)=O)CCCCCC3)no2)cc1. The van der Waals surface area contributed by atoms with Crippen molar-refractivity contribution in [3.63, 3.8) is 0 Å². The van der Waals surface area contributed by atoms with E-state index in [2.05, 4.69) is 26.1 Å². The van der Waals surface area contributed by atoms with Crippen molar-refractivity contribution in [1.29, 1.82) is 0 Å². The Hall–Kier alpha value is -3.23. The van der Waals surface area contributed by atoms with Crippen LogP contribution >= 0.6 is 0 Å². The maximum absolute atomic E-state index is 12.5. The van der Waals surface area contributed by atoms with Crippen LogP contribution in [-0.4, -0.2) is 33.4 Å². The summed E-state index contributed by atoms with van der Waals surface area (Å²) in [6, 6.07) is 6.80. The lowest BCUT2D eigenvalue weighted by Gasteiger charge is -2.30. The summed E-state index contributed by atoms with van der Waals surface area (Å²) in [6.07, 6.45) is 7.05. The first-order chi connectivity index (χ1) is 16.6. The van der Waals surface area contributed by atoms with Crippen molar-refractivity contribution < 1.29 is 18.9 Å². The molecule has 2 aromatic rings. The Morgan fingerprint density at radius 2 is 1.71 bits per heavy atom. The highest BCUT2D eigenvalue weighted by Crippen LogP contribution is 2.34. The molecule has 1 aromatic carbocycles. The molecule has 0 spiro atoms. The Kier molecular flexibility index (Phi) is 8.64. The number of aryl methyl sites for hydroxylation is 1. The lowest BCUT2D eigenvalue weighted by atomic mass is 9.89. The molecule has 1 saturated carbocycles. The molecule has 0 bridgehead atoms. The van der Waals surface area contributed by atoms with E-state index < -0.39 is 5.54 Å². The smallest absolute Gasteiger partial charge is 0.251 e. The van der Waals surface area contributed by atoms with Crippen LogP contribution in [0.15, 0.2) is 28.8 Å². The molecule has 0 aliphatic heterocycles. The summed E-state index contributed by atoms with van der Waals surface area (Å²) < 4.78 is 5.42. The summed E-state index contributed by atoms with van der Waals surface area (Å²) in [6.45, 7) is 7.47. The number of nitrogens with zero attached hydrogens (tertiary/aromatic N) is 2. The maximum Gasteiger partial charge on any atom is 0.251 e. The lowest BCUT2D eigenvalue weighted by molar-refractivity contribution is -0.121. The van der Waals surface area contributed by atoms with Crippen LogP contribution in [0.2, 0.25) is 0 Å². The Bertz CT molecular complexity index is 1020. The van der Waals surface area contributed by atoms with Crippen LogP contribution in [0.1, 0.15) is 101 Å². The number of hydrogen-bond acceptors (Lipinski definition) is 6. The highest BCUT2D eigenvalue weighted by atomic mass is 16.5. The van der Waals surface area contributed by atoms with E-state index >= 15 is 0 Å². The molecule has 35 heavy (non-hydrogen) atoms. The zero-order chi connectivity index (χ0) is 25.5. The van der Waals surface area contributed by atoms with Crippen LogP contribution in [0.4, 0.5) is 5.69 Å². The van der Waals surface area contributed by atoms with Gasteiger partial charge in [-0.25, -0.2) is 0 Å². The third-order valence-corrected chi connectivity index (χ3v) is 6.60. The molecule has 1 aliphatic rings. The van der Waals surface area contributed by atoms with Gasteiger partial charge in [0.1, 0.15) is 5.54 Å². The first kappa shape index (κ1) is 26.4. The normalized spacial score (nSPS) is 15.7. The molecule has 1 fully saturated rings. The molecule has 0 saturated heterocycles. The van der Waals surface area contributed by atoms with Crippen molar-refractivity contribution in [1.82, 2.24) is 20.8 Å². The van der Waals surface area contributed by atoms with E-state index in [0.29, 0.717) is 29.4 Å². The van der Waals surface area contributed by atoms with Gasteiger partial charge in [0, 0.05) is 36.6 Å². The standard InChI is InChI=1S/C26H37N5O4/c1-5-25(3,4)30-23(34)19-10-12-20(13-11-19)27-21(33)14-15-22-28-24(31-35-22)26(29-18(2)32)16-8-6-7-9-17-26/h10-13H,5-9,14-17H2,1-4H3,(H,27,33)(H,29,32)(H,30,34). The number of amides is 3. The molecule has 0 atom stereocenters. The van der Waals surface area contributed by atoms with Crippen LogP contribution in [0, 0.1) is 0 Å². The van der Waals surface area contributed by atoms with Gasteiger partial charge in [0.15, 0.2) is 5.82 Å². The summed E-state index contributed by atoms with van der Waals surface area (Å²) in [5.74, 6) is 0.405. The fourth-order valence-corrected chi connectivity index (χ4v) is 4.24. The minimum Gasteiger partial charge on any atom is -0.347 e. The Morgan fingerprint density at radius 1 is 1.06 bits per heavy atom. The van der Waals surface area contributed by atoms with Crippen molar-refractivity contribution in [3.05, 3.63) is 41.5 Å². The highest BCUT2D eigenvalue weighted by Gasteiger charge is 2.38. The summed E-state index contributed by atoms with van der Waals surface area (Å²) in [7, 11) is 0. The summed E-state index contributed by atoms with van der Waals surface area (Å²) >= 11 is 0. The molecule has 3 N–H and O–H groups in total. The molecule has 0 unspecified atom stereocenters. The van der Waals surface area contributed by atoms with Gasteiger partial charge in [0.25, 0.3) is 5.91 Å². The van der Waals surface area contributed by atoms with Crippen LogP contribution in [0.25, 0.3) is 0 Å². The van der Waals surface area contributed by atoms with Gasteiger partial charge in [-0.3, -0.25) is 14.4 Å². The van der Waals surface area contributed by atoms with Gasteiger partial charge in [-0.15, -0.1) is 0 Å². The van der Waals surface area contributed by atoms with Crippen LogP contribution < -0.4 is 16.0 Å². The minimum atomic E-state index is -0.604. The van der Waals surface area contributed by atoms with E-state index in [1.165, 1.54) is 6.92 Å². The Morgan fingerprint density at radius 3 is 2.31 bits per heavy atom. The molecule has 1 aromatic heterocycles. The predicted molar refractivity (Wildman–Crippen MR) is 133 cm³/mol. The molecule has 3 amide bonds. The van der Waals surface area contributed by atoms with E-state index in [-0.39, 0.29) is 29.7 Å². The molecule has 9 nitrogen and oxygen atoms in total. The number of nitrogens with one attached hydrogen (secondary N) is 3. The van der Waals surface area contributed by atoms with Gasteiger partial charge in [-0.05, 0) is 57.4 Å². The van der Waals surface area contributed by atoms with E-state index in [1.807, 2.05) is 20.8 Å². The number of hydrogen-bond donors (Lipinski definition) is 3. The largest absolute Gasteiger partial charge is 0.347 e. The molecular weight excluding hydrogens is 446 g/mol. The van der Waals surface area contributed by atoms with Gasteiger partial charge in [-0.2, -0.15) is 4.98 Å². The fraction of sp³-hybridized carbons (Fsp3) is 0.577. The molecule has 0 radical (unpaired) electrons. The number of carbonyl (C=O) groups excluding carboxylic acids is 3. The molecule has 1 heterocycles. The number of anilines is 1. The second-order valence-corrected chi connectivity index (χ2v) is 10.0. The van der Waals surface area contributed by atoms with E-state index in [1.54, 1.807) is 24.3 Å². The van der Waals surface area contributed by atoms with Gasteiger partial charge >= 0.3 is 0 Å². The average molecular weight is 484 g/mol. The molecule has 3 rings (SSSR count). The van der Waals surface area contributed by atoms with Crippen LogP contribution in [0.3, 0.4) is 0 Å². The quantitative estimate of drug-likeness (QED) is 0.458. The summed E-state index contributed by atoms with van der Waals surface area (Å²) in [5, 5.41) is 13.0. The third-order valence-electron chi connectivity index (χ3n) is 6.60. The van der Waals surface area contributed by atoms with Crippen molar-refractivity contribution in [2.45, 2.75) is 96.6 Å². The van der Waals surface area contributed by atoms with Crippen molar-refractivity contribution >= 4 is 23.4 Å². The zero-order valence-corrected chi connectivity index (χ0v) is 21.2. The van der Waals surface area contributed by atoms with E-state index in [4.69, 9.17) is 4.52 Å². The zero-order valence-electron chi connectivity index (χ0n) is 21.2. The van der Waals surface area contributed by atoms with Gasteiger partial charge in [-0.1, -0.05) is 37.8 Å². The van der Waals surface area contributed by atoms with Gasteiger partial charge < -0.3 is 20.5 Å². The maximum atomic E-state index is 12.5. The summed E-state index contributed by atoms with van der Waals surface area (Å²) in [4.78, 5) is 41.2. The first-order valence-electron chi connectivity index (χ1n) is 12.5. The van der Waals surface area contributed by atoms with Gasteiger partial charge in [0.05, 0.1) is 0 Å². The van der Waals surface area contributed by atoms with Crippen molar-refractivity contribution in [3.8, 4) is 0 Å². The second kappa shape index (κ2) is 11.5. The summed E-state index contributed by atoms with van der Waals surface area (Å²) in [5.41, 5.74) is 0.258. The van der Waals surface area contributed by atoms with Crippen molar-refractivity contribution in [2.75, 3.05) is 5.32 Å². The van der Waals surface area contributed by atoms with Crippen LogP contribution in [-0.2, 0) is 21.5 Å². The Balaban J connectivity index is 1.56. The fourth-order valence-electron chi connectivity index (χ4n) is 4.24. The number of benzene rings is 1. The monoisotopic (exact) mass is 483 g/mol. The molecule has 1 aliphatic carbocycles. The van der Waals surface area contributed by atoms with E-state index in [0.717, 1.165) is 44.9 Å². The Labute approximate surface area is 206 Å². The number of carbonyl (C=O) groups is 3. The topological polar surface area (TPSA) is 126 Å². The molecule has 9 heteroatoms. The van der Waals surface area contributed by atoms with E-state index in [9.17, 15) is 14.4 Å².